The van der Waals surface area contributed by atoms with Gasteiger partial charge in [0.25, 0.3) is 0 Å². The van der Waals surface area contributed by atoms with Gasteiger partial charge in [0.05, 0.1) is 5.69 Å². The van der Waals surface area contributed by atoms with Gasteiger partial charge in [-0.05, 0) is 44.4 Å². The summed E-state index contributed by atoms with van der Waals surface area (Å²) in [5.74, 6) is -1.24. The third-order valence-electron chi connectivity index (χ3n) is 5.89. The van der Waals surface area contributed by atoms with E-state index in [4.69, 9.17) is 0 Å². The average Bonchev–Trinajstić information content (AvgIpc) is 3.14. The quantitative estimate of drug-likeness (QED) is 0.554. The van der Waals surface area contributed by atoms with Gasteiger partial charge in [0, 0.05) is 30.3 Å². The monoisotopic (exact) mass is 487 g/mol. The predicted octanol–water partition coefficient (Wildman–Crippen LogP) is 4.53. The van der Waals surface area contributed by atoms with Crippen LogP contribution < -0.4 is 5.32 Å². The third kappa shape index (κ3) is 5.31. The van der Waals surface area contributed by atoms with Crippen molar-refractivity contribution in [2.75, 3.05) is 18.4 Å². The first-order valence-corrected chi connectivity index (χ1v) is 13.1. The maximum Gasteiger partial charge on any atom is 0.245 e. The van der Waals surface area contributed by atoms with Gasteiger partial charge < -0.3 is 5.32 Å². The standard InChI is InChI=1S/C24H26FN3O3S2/c1-16-7-9-18(10-8-16)15-21-17(2)26-24(32-21)27-23(29)19-11-13-28(14-12-19)33(30,31)22-6-4-3-5-20(22)25/h3-10,19H,11-15H2,1-2H3,(H,26,27,29). The van der Waals surface area contributed by atoms with E-state index in [9.17, 15) is 17.6 Å². The molecular weight excluding hydrogens is 461 g/mol. The molecule has 1 fully saturated rings. The Kier molecular flexibility index (Phi) is 6.92. The van der Waals surface area contributed by atoms with Gasteiger partial charge in [-0.15, -0.1) is 11.3 Å². The molecule has 0 bridgehead atoms. The van der Waals surface area contributed by atoms with Crippen molar-refractivity contribution in [3.05, 3.63) is 76.0 Å². The number of aryl methyl sites for hydroxylation is 2. The Bertz CT molecular complexity index is 1250. The number of nitrogens with zero attached hydrogens (tertiary/aromatic N) is 2. The lowest BCUT2D eigenvalue weighted by molar-refractivity contribution is -0.120. The number of thiazole rings is 1. The smallest absolute Gasteiger partial charge is 0.245 e. The zero-order valence-corrected chi connectivity index (χ0v) is 20.2. The number of hydrogen-bond donors (Lipinski definition) is 1. The number of aromatic nitrogens is 1. The SMILES string of the molecule is Cc1ccc(Cc2sc(NC(=O)C3CCN(S(=O)(=O)c4ccccc4F)CC3)nc2C)cc1. The molecule has 0 atom stereocenters. The zero-order chi connectivity index (χ0) is 23.6. The van der Waals surface area contributed by atoms with E-state index >= 15 is 0 Å². The molecule has 1 aromatic heterocycles. The molecule has 0 saturated carbocycles. The molecule has 1 aliphatic rings. The molecule has 0 unspecified atom stereocenters. The molecule has 0 aliphatic carbocycles. The van der Waals surface area contributed by atoms with Crippen LogP contribution >= 0.6 is 11.3 Å². The molecule has 1 N–H and O–H groups in total. The molecule has 2 aromatic carbocycles. The molecule has 33 heavy (non-hydrogen) atoms. The normalized spacial score (nSPS) is 15.5. The van der Waals surface area contributed by atoms with Crippen molar-refractivity contribution in [3.8, 4) is 0 Å². The molecule has 0 spiro atoms. The minimum atomic E-state index is -3.92. The fourth-order valence-electron chi connectivity index (χ4n) is 3.90. The first-order valence-electron chi connectivity index (χ1n) is 10.8. The fourth-order valence-corrected chi connectivity index (χ4v) is 6.43. The number of anilines is 1. The summed E-state index contributed by atoms with van der Waals surface area (Å²) in [6, 6.07) is 13.7. The number of rotatable bonds is 6. The largest absolute Gasteiger partial charge is 0.302 e. The number of sulfonamides is 1. The number of carbonyl (C=O) groups is 1. The molecule has 6 nitrogen and oxygen atoms in total. The van der Waals surface area contributed by atoms with Crippen LogP contribution in [0, 0.1) is 25.6 Å². The third-order valence-corrected chi connectivity index (χ3v) is 8.89. The summed E-state index contributed by atoms with van der Waals surface area (Å²) in [6.07, 6.45) is 1.51. The second kappa shape index (κ2) is 9.70. The van der Waals surface area contributed by atoms with Crippen LogP contribution in [0.2, 0.25) is 0 Å². The molecule has 1 saturated heterocycles. The summed E-state index contributed by atoms with van der Waals surface area (Å²) in [5, 5.41) is 3.46. The summed E-state index contributed by atoms with van der Waals surface area (Å²) in [4.78, 5) is 18.1. The van der Waals surface area contributed by atoms with Gasteiger partial charge in [-0.3, -0.25) is 4.79 Å². The van der Waals surface area contributed by atoms with Gasteiger partial charge in [-0.2, -0.15) is 4.31 Å². The second-order valence-electron chi connectivity index (χ2n) is 8.29. The Morgan fingerprint density at radius 1 is 1.12 bits per heavy atom. The first kappa shape index (κ1) is 23.5. The second-order valence-corrected chi connectivity index (χ2v) is 11.3. The number of halogens is 1. The van der Waals surface area contributed by atoms with Crippen molar-refractivity contribution in [3.63, 3.8) is 0 Å². The van der Waals surface area contributed by atoms with Crippen LogP contribution in [-0.2, 0) is 21.2 Å². The average molecular weight is 488 g/mol. The number of piperidine rings is 1. The molecule has 4 rings (SSSR count). The summed E-state index contributed by atoms with van der Waals surface area (Å²) >= 11 is 1.46. The highest BCUT2D eigenvalue weighted by Gasteiger charge is 2.33. The van der Waals surface area contributed by atoms with Gasteiger partial charge in [0.15, 0.2) is 5.13 Å². The van der Waals surface area contributed by atoms with E-state index in [0.717, 1.165) is 23.1 Å². The van der Waals surface area contributed by atoms with Crippen molar-refractivity contribution in [2.24, 2.45) is 5.92 Å². The molecule has 2 heterocycles. The van der Waals surface area contributed by atoms with Gasteiger partial charge in [-0.1, -0.05) is 42.0 Å². The molecule has 9 heteroatoms. The van der Waals surface area contributed by atoms with Crippen LogP contribution in [0.4, 0.5) is 9.52 Å². The number of carbonyl (C=O) groups excluding carboxylic acids is 1. The Morgan fingerprint density at radius 2 is 1.79 bits per heavy atom. The van der Waals surface area contributed by atoms with Crippen molar-refractivity contribution >= 4 is 32.4 Å². The first-order chi connectivity index (χ1) is 15.7. The summed E-state index contributed by atoms with van der Waals surface area (Å²) < 4.78 is 40.8. The number of benzene rings is 2. The fraction of sp³-hybridized carbons (Fsp3) is 0.333. The van der Waals surface area contributed by atoms with E-state index in [1.165, 1.54) is 45.0 Å². The maximum atomic E-state index is 14.0. The lowest BCUT2D eigenvalue weighted by atomic mass is 9.97. The van der Waals surface area contributed by atoms with Gasteiger partial charge >= 0.3 is 0 Å². The van der Waals surface area contributed by atoms with E-state index in [0.29, 0.717) is 18.0 Å². The lowest BCUT2D eigenvalue weighted by Gasteiger charge is -2.30. The van der Waals surface area contributed by atoms with E-state index < -0.39 is 15.8 Å². The van der Waals surface area contributed by atoms with E-state index in [-0.39, 0.29) is 29.8 Å². The Morgan fingerprint density at radius 3 is 2.45 bits per heavy atom. The molecule has 3 aromatic rings. The Labute approximate surface area is 197 Å². The lowest BCUT2D eigenvalue weighted by Crippen LogP contribution is -2.41. The van der Waals surface area contributed by atoms with Crippen LogP contribution in [-0.4, -0.2) is 36.7 Å². The van der Waals surface area contributed by atoms with Crippen molar-refractivity contribution in [1.29, 1.82) is 0 Å². The van der Waals surface area contributed by atoms with Crippen molar-refractivity contribution in [1.82, 2.24) is 9.29 Å². The molecule has 1 amide bonds. The minimum Gasteiger partial charge on any atom is -0.302 e. The summed E-state index contributed by atoms with van der Waals surface area (Å²) in [6.45, 7) is 4.33. The highest BCUT2D eigenvalue weighted by atomic mass is 32.2. The summed E-state index contributed by atoms with van der Waals surface area (Å²) in [7, 11) is -3.92. The van der Waals surface area contributed by atoms with Crippen molar-refractivity contribution < 1.29 is 17.6 Å². The predicted molar refractivity (Wildman–Crippen MR) is 127 cm³/mol. The maximum absolute atomic E-state index is 14.0. The van der Waals surface area contributed by atoms with Crippen LogP contribution in [0.25, 0.3) is 0 Å². The Balaban J connectivity index is 1.36. The topological polar surface area (TPSA) is 79.4 Å². The highest BCUT2D eigenvalue weighted by Crippen LogP contribution is 2.29. The molecule has 174 valence electrons. The van der Waals surface area contributed by atoms with Crippen LogP contribution in [0.1, 0.15) is 34.5 Å². The van der Waals surface area contributed by atoms with Crippen LogP contribution in [0.5, 0.6) is 0 Å². The van der Waals surface area contributed by atoms with Gasteiger partial charge in [-0.25, -0.2) is 17.8 Å². The molecule has 1 aliphatic heterocycles. The molecular formula is C24H26FN3O3S2. The van der Waals surface area contributed by atoms with Crippen molar-refractivity contribution in [2.45, 2.75) is 38.0 Å². The van der Waals surface area contributed by atoms with E-state index in [1.807, 2.05) is 6.92 Å². The number of hydrogen-bond acceptors (Lipinski definition) is 5. The van der Waals surface area contributed by atoms with E-state index in [1.54, 1.807) is 0 Å². The summed E-state index contributed by atoms with van der Waals surface area (Å²) in [5.41, 5.74) is 3.29. The van der Waals surface area contributed by atoms with Crippen LogP contribution in [0.15, 0.2) is 53.4 Å². The Hall–Kier alpha value is -2.62. The van der Waals surface area contributed by atoms with Gasteiger partial charge in [0.1, 0.15) is 10.7 Å². The van der Waals surface area contributed by atoms with E-state index in [2.05, 4.69) is 41.5 Å². The zero-order valence-electron chi connectivity index (χ0n) is 18.5. The number of amides is 1. The van der Waals surface area contributed by atoms with Gasteiger partial charge in [0.2, 0.25) is 15.9 Å². The highest BCUT2D eigenvalue weighted by molar-refractivity contribution is 7.89. The molecule has 0 radical (unpaired) electrons. The minimum absolute atomic E-state index is 0.159. The van der Waals surface area contributed by atoms with Crippen LogP contribution in [0.3, 0.4) is 0 Å². The number of nitrogens with one attached hydrogen (secondary N) is 1.